The lowest BCUT2D eigenvalue weighted by atomic mass is 10.2. The van der Waals surface area contributed by atoms with Crippen molar-refractivity contribution in [3.05, 3.63) is 20.8 Å². The number of thiophene rings is 1. The van der Waals surface area contributed by atoms with E-state index in [9.17, 15) is 4.79 Å². The molecule has 1 N–H and O–H groups in total. The lowest BCUT2D eigenvalue weighted by molar-refractivity contribution is -0.135. The second-order valence-corrected chi connectivity index (χ2v) is 5.92. The van der Waals surface area contributed by atoms with Crippen LogP contribution in [0, 0.1) is 0 Å². The number of carbonyl (C=O) groups is 1. The predicted molar refractivity (Wildman–Crippen MR) is 78.4 cm³/mol. The minimum atomic E-state index is -0.197. The van der Waals surface area contributed by atoms with Crippen LogP contribution >= 0.6 is 39.7 Å². The largest absolute Gasteiger partial charge is 0.378 e. The maximum atomic E-state index is 12.1. The Labute approximate surface area is 125 Å². The molecule has 0 aliphatic carbocycles. The minimum Gasteiger partial charge on any atom is -0.378 e. The average Bonchev–Trinajstić information content (AvgIpc) is 2.75. The Morgan fingerprint density at radius 3 is 3.06 bits per heavy atom. The highest BCUT2D eigenvalue weighted by Crippen LogP contribution is 2.21. The molecule has 2 rings (SSSR count). The highest BCUT2D eigenvalue weighted by molar-refractivity contribution is 9.10. The van der Waals surface area contributed by atoms with Crippen molar-refractivity contribution in [1.82, 2.24) is 10.2 Å². The van der Waals surface area contributed by atoms with E-state index >= 15 is 0 Å². The van der Waals surface area contributed by atoms with Crippen LogP contribution in [0.25, 0.3) is 0 Å². The summed E-state index contributed by atoms with van der Waals surface area (Å²) in [5.41, 5.74) is 0. The molecule has 1 aromatic rings. The molecular weight excluding hydrogens is 340 g/mol. The summed E-state index contributed by atoms with van der Waals surface area (Å²) in [6.07, 6.45) is 0. The van der Waals surface area contributed by atoms with Gasteiger partial charge in [0.1, 0.15) is 6.04 Å². The first kappa shape index (κ1) is 15.9. The molecule has 0 saturated carbocycles. The van der Waals surface area contributed by atoms with Crippen molar-refractivity contribution in [2.24, 2.45) is 0 Å². The normalized spacial score (nSPS) is 19.1. The zero-order valence-electron chi connectivity index (χ0n) is 10.0. The van der Waals surface area contributed by atoms with E-state index in [-0.39, 0.29) is 24.4 Å². The van der Waals surface area contributed by atoms with Crippen molar-refractivity contribution in [1.29, 1.82) is 0 Å². The van der Waals surface area contributed by atoms with Crippen LogP contribution in [0.3, 0.4) is 0 Å². The van der Waals surface area contributed by atoms with Gasteiger partial charge in [-0.2, -0.15) is 0 Å². The van der Waals surface area contributed by atoms with Crippen LogP contribution in [-0.2, 0) is 16.1 Å². The van der Waals surface area contributed by atoms with Gasteiger partial charge >= 0.3 is 0 Å². The van der Waals surface area contributed by atoms with Crippen molar-refractivity contribution in [2.75, 3.05) is 26.8 Å². The van der Waals surface area contributed by atoms with Crippen LogP contribution in [-0.4, -0.2) is 43.7 Å². The van der Waals surface area contributed by atoms with Crippen molar-refractivity contribution >= 4 is 45.6 Å². The number of rotatable bonds is 3. The molecule has 0 spiro atoms. The number of hydrogen-bond acceptors (Lipinski definition) is 4. The second kappa shape index (κ2) is 7.45. The summed E-state index contributed by atoms with van der Waals surface area (Å²) < 4.78 is 6.36. The third-order valence-electron chi connectivity index (χ3n) is 2.61. The SMILES string of the molecule is CN(Cc1cc(Br)cs1)C(=O)C1COCCN1.Cl. The molecule has 1 saturated heterocycles. The summed E-state index contributed by atoms with van der Waals surface area (Å²) in [4.78, 5) is 15.0. The molecule has 0 radical (unpaired) electrons. The molecule has 0 bridgehead atoms. The minimum absolute atomic E-state index is 0. The van der Waals surface area contributed by atoms with Gasteiger partial charge in [0.25, 0.3) is 0 Å². The van der Waals surface area contributed by atoms with Crippen LogP contribution in [0.15, 0.2) is 15.9 Å². The Hall–Kier alpha value is -0.140. The molecule has 1 fully saturated rings. The van der Waals surface area contributed by atoms with Crippen LogP contribution in [0.5, 0.6) is 0 Å². The molecule has 102 valence electrons. The Bertz CT molecular complexity index is 396. The molecule has 7 heteroatoms. The van der Waals surface area contributed by atoms with Crippen LogP contribution in [0.1, 0.15) is 4.88 Å². The first-order valence-corrected chi connectivity index (χ1v) is 7.13. The number of carbonyl (C=O) groups excluding carboxylic acids is 1. The van der Waals surface area contributed by atoms with Crippen molar-refractivity contribution in [2.45, 2.75) is 12.6 Å². The molecule has 1 amide bonds. The highest BCUT2D eigenvalue weighted by Gasteiger charge is 2.24. The molecule has 2 heterocycles. The molecule has 4 nitrogen and oxygen atoms in total. The van der Waals surface area contributed by atoms with Crippen molar-refractivity contribution in [3.8, 4) is 0 Å². The van der Waals surface area contributed by atoms with Gasteiger partial charge in [0.15, 0.2) is 0 Å². The van der Waals surface area contributed by atoms with Gasteiger partial charge in [-0.25, -0.2) is 0 Å². The van der Waals surface area contributed by atoms with Crippen molar-refractivity contribution in [3.63, 3.8) is 0 Å². The number of morpholine rings is 1. The quantitative estimate of drug-likeness (QED) is 0.900. The number of halogens is 2. The molecular formula is C11H16BrClN2O2S. The molecule has 1 aliphatic rings. The van der Waals surface area contributed by atoms with Gasteiger partial charge < -0.3 is 15.0 Å². The van der Waals surface area contributed by atoms with Gasteiger partial charge in [0, 0.05) is 28.3 Å². The van der Waals surface area contributed by atoms with Crippen molar-refractivity contribution < 1.29 is 9.53 Å². The fourth-order valence-electron chi connectivity index (χ4n) is 1.74. The highest BCUT2D eigenvalue weighted by atomic mass is 79.9. The third kappa shape index (κ3) is 4.20. The van der Waals surface area contributed by atoms with E-state index in [4.69, 9.17) is 4.74 Å². The topological polar surface area (TPSA) is 41.6 Å². The molecule has 1 unspecified atom stereocenters. The monoisotopic (exact) mass is 354 g/mol. The van der Waals surface area contributed by atoms with Crippen LogP contribution < -0.4 is 5.32 Å². The van der Waals surface area contributed by atoms with Gasteiger partial charge in [0.05, 0.1) is 19.8 Å². The average molecular weight is 356 g/mol. The Morgan fingerprint density at radius 1 is 1.72 bits per heavy atom. The van der Waals surface area contributed by atoms with Gasteiger partial charge in [-0.15, -0.1) is 23.7 Å². The summed E-state index contributed by atoms with van der Waals surface area (Å²) >= 11 is 5.06. The first-order valence-electron chi connectivity index (χ1n) is 5.46. The lowest BCUT2D eigenvalue weighted by Gasteiger charge is -2.27. The Balaban J connectivity index is 0.00000162. The number of amides is 1. The number of hydrogen-bond donors (Lipinski definition) is 1. The maximum absolute atomic E-state index is 12.1. The molecule has 18 heavy (non-hydrogen) atoms. The number of ether oxygens (including phenoxy) is 1. The number of likely N-dealkylation sites (N-methyl/N-ethyl adjacent to an activating group) is 1. The summed E-state index contributed by atoms with van der Waals surface area (Å²) in [6.45, 7) is 2.55. The second-order valence-electron chi connectivity index (χ2n) is 4.01. The number of nitrogens with zero attached hydrogens (tertiary/aromatic N) is 1. The van der Waals surface area contributed by atoms with Gasteiger partial charge in [0.2, 0.25) is 5.91 Å². The first-order chi connectivity index (χ1) is 8.16. The summed E-state index contributed by atoms with van der Waals surface area (Å²) in [7, 11) is 1.83. The standard InChI is InChI=1S/C11H15BrN2O2S.ClH/c1-14(5-9-4-8(12)7-17-9)11(15)10-6-16-3-2-13-10;/h4,7,10,13H,2-3,5-6H2,1H3;1H. The molecule has 0 aromatic carbocycles. The van der Waals surface area contributed by atoms with E-state index in [1.54, 1.807) is 16.2 Å². The lowest BCUT2D eigenvalue weighted by Crippen LogP contribution is -2.51. The van der Waals surface area contributed by atoms with E-state index in [0.717, 1.165) is 11.0 Å². The fourth-order valence-corrected chi connectivity index (χ4v) is 3.24. The van der Waals surface area contributed by atoms with E-state index in [1.807, 2.05) is 18.5 Å². The number of nitrogens with one attached hydrogen (secondary N) is 1. The van der Waals surface area contributed by atoms with E-state index in [0.29, 0.717) is 19.8 Å². The zero-order valence-corrected chi connectivity index (χ0v) is 13.2. The smallest absolute Gasteiger partial charge is 0.242 e. The summed E-state index contributed by atoms with van der Waals surface area (Å²) in [5, 5.41) is 5.19. The third-order valence-corrected chi connectivity index (χ3v) is 4.29. The molecule has 1 aliphatic heterocycles. The zero-order chi connectivity index (χ0) is 12.3. The summed E-state index contributed by atoms with van der Waals surface area (Å²) in [5.74, 6) is 0.0919. The van der Waals surface area contributed by atoms with Crippen LogP contribution in [0.4, 0.5) is 0 Å². The Morgan fingerprint density at radius 2 is 2.50 bits per heavy atom. The van der Waals surface area contributed by atoms with Gasteiger partial charge in [-0.1, -0.05) is 0 Å². The maximum Gasteiger partial charge on any atom is 0.242 e. The molecule has 1 aromatic heterocycles. The van der Waals surface area contributed by atoms with Gasteiger partial charge in [-0.3, -0.25) is 4.79 Å². The van der Waals surface area contributed by atoms with Gasteiger partial charge in [-0.05, 0) is 22.0 Å². The van der Waals surface area contributed by atoms with E-state index < -0.39 is 0 Å². The van der Waals surface area contributed by atoms with Crippen LogP contribution in [0.2, 0.25) is 0 Å². The molecule has 1 atom stereocenters. The predicted octanol–water partition coefficient (Wildman–Crippen LogP) is 1.88. The Kier molecular flexibility index (Phi) is 6.59. The summed E-state index contributed by atoms with van der Waals surface area (Å²) in [6, 6.07) is 1.84. The fraction of sp³-hybridized carbons (Fsp3) is 0.545. The van der Waals surface area contributed by atoms with E-state index in [2.05, 4.69) is 21.2 Å². The van der Waals surface area contributed by atoms with E-state index in [1.165, 1.54) is 4.88 Å².